The molecular weight excluding hydrogens is 156 g/mol. The molecule has 0 saturated carbocycles. The summed E-state index contributed by atoms with van der Waals surface area (Å²) in [5.41, 5.74) is 5.38. The summed E-state index contributed by atoms with van der Waals surface area (Å²) < 4.78 is 0. The van der Waals surface area contributed by atoms with E-state index >= 15 is 0 Å². The van der Waals surface area contributed by atoms with Crippen molar-refractivity contribution in [3.05, 3.63) is 24.0 Å². The van der Waals surface area contributed by atoms with Gasteiger partial charge in [-0.1, -0.05) is 6.08 Å². The monoisotopic (exact) mass is 166 g/mol. The zero-order valence-corrected chi connectivity index (χ0v) is 6.47. The van der Waals surface area contributed by atoms with Crippen molar-refractivity contribution < 1.29 is 9.90 Å². The summed E-state index contributed by atoms with van der Waals surface area (Å²) in [4.78, 5) is 14.0. The molecule has 0 aromatic rings. The van der Waals surface area contributed by atoms with Gasteiger partial charge >= 0.3 is 5.97 Å². The lowest BCUT2D eigenvalue weighted by molar-refractivity contribution is -0.131. The quantitative estimate of drug-likeness (QED) is 0.587. The Balaban J connectivity index is 2.49. The van der Waals surface area contributed by atoms with Gasteiger partial charge in [-0.05, 0) is 12.5 Å². The van der Waals surface area contributed by atoms with Crippen LogP contribution in [0.3, 0.4) is 0 Å². The number of carbonyl (C=O) groups is 1. The van der Waals surface area contributed by atoms with Crippen LogP contribution in [0.4, 0.5) is 0 Å². The van der Waals surface area contributed by atoms with Crippen molar-refractivity contribution in [1.29, 1.82) is 0 Å². The summed E-state index contributed by atoms with van der Waals surface area (Å²) in [6.45, 7) is 0. The Kier molecular flexibility index (Phi) is 2.63. The first-order valence-electron chi connectivity index (χ1n) is 3.59. The van der Waals surface area contributed by atoms with Crippen LogP contribution >= 0.6 is 0 Å². The maximum absolute atomic E-state index is 10.1. The van der Waals surface area contributed by atoms with Gasteiger partial charge in [0.15, 0.2) is 0 Å². The molecule has 1 aliphatic heterocycles. The van der Waals surface area contributed by atoms with Gasteiger partial charge < -0.3 is 10.8 Å². The Morgan fingerprint density at radius 2 is 2.58 bits per heavy atom. The third-order valence-electron chi connectivity index (χ3n) is 1.50. The number of nitrogens with zero attached hydrogens (tertiary/aromatic N) is 1. The summed E-state index contributed by atoms with van der Waals surface area (Å²) in [5.74, 6) is -0.380. The Labute approximate surface area is 70.1 Å². The molecule has 1 unspecified atom stereocenters. The van der Waals surface area contributed by atoms with Gasteiger partial charge in [0.25, 0.3) is 0 Å². The molecule has 0 aliphatic carbocycles. The standard InChI is InChI=1S/C8H10N2O2/c9-7-3-1-6(5-10-7)2-4-8(11)12/h2-6H,1,9H2,(H,11,12)/b4-2+. The SMILES string of the molecule is NC1=CCC(/C=C/C(=O)O)C=N1. The molecule has 0 saturated heterocycles. The van der Waals surface area contributed by atoms with Crippen molar-refractivity contribution in [3.8, 4) is 0 Å². The Bertz CT molecular complexity index is 266. The molecule has 1 atom stereocenters. The zero-order valence-electron chi connectivity index (χ0n) is 6.47. The van der Waals surface area contributed by atoms with Crippen LogP contribution in [-0.2, 0) is 4.79 Å². The molecule has 0 amide bonds. The van der Waals surface area contributed by atoms with Gasteiger partial charge in [0, 0.05) is 18.2 Å². The van der Waals surface area contributed by atoms with E-state index in [1.807, 2.05) is 0 Å². The van der Waals surface area contributed by atoms with Crippen molar-refractivity contribution in [1.82, 2.24) is 0 Å². The molecule has 0 spiro atoms. The number of hydrogen-bond acceptors (Lipinski definition) is 3. The summed E-state index contributed by atoms with van der Waals surface area (Å²) in [6.07, 6.45) is 6.85. The Morgan fingerprint density at radius 1 is 1.83 bits per heavy atom. The van der Waals surface area contributed by atoms with Crippen LogP contribution in [0.2, 0.25) is 0 Å². The van der Waals surface area contributed by atoms with Crippen LogP contribution in [0.25, 0.3) is 0 Å². The molecule has 64 valence electrons. The number of aliphatic imine (C=N–C) groups is 1. The van der Waals surface area contributed by atoms with E-state index in [9.17, 15) is 4.79 Å². The van der Waals surface area contributed by atoms with Crippen LogP contribution < -0.4 is 5.73 Å². The van der Waals surface area contributed by atoms with E-state index in [0.29, 0.717) is 5.82 Å². The second kappa shape index (κ2) is 3.71. The summed E-state index contributed by atoms with van der Waals surface area (Å²) in [5, 5.41) is 8.32. The van der Waals surface area contributed by atoms with Crippen molar-refractivity contribution in [3.63, 3.8) is 0 Å². The van der Waals surface area contributed by atoms with Crippen molar-refractivity contribution in [2.75, 3.05) is 0 Å². The Morgan fingerprint density at radius 3 is 3.08 bits per heavy atom. The number of aliphatic carboxylic acids is 1. The number of carboxylic acid groups (broad SMARTS) is 1. The molecular formula is C8H10N2O2. The summed E-state index contributed by atoms with van der Waals surface area (Å²) >= 11 is 0. The van der Waals surface area contributed by atoms with Crippen molar-refractivity contribution >= 4 is 12.2 Å². The van der Waals surface area contributed by atoms with Crippen LogP contribution in [0.5, 0.6) is 0 Å². The maximum atomic E-state index is 10.1. The lowest BCUT2D eigenvalue weighted by Crippen LogP contribution is -2.07. The average molecular weight is 166 g/mol. The molecule has 0 radical (unpaired) electrons. The van der Waals surface area contributed by atoms with E-state index in [0.717, 1.165) is 12.5 Å². The molecule has 0 bridgehead atoms. The van der Waals surface area contributed by atoms with E-state index in [4.69, 9.17) is 10.8 Å². The first-order chi connectivity index (χ1) is 5.68. The van der Waals surface area contributed by atoms with Crippen molar-refractivity contribution in [2.24, 2.45) is 16.6 Å². The van der Waals surface area contributed by atoms with Gasteiger partial charge in [-0.2, -0.15) is 0 Å². The molecule has 4 nitrogen and oxygen atoms in total. The number of rotatable bonds is 2. The van der Waals surface area contributed by atoms with Crippen molar-refractivity contribution in [2.45, 2.75) is 6.42 Å². The van der Waals surface area contributed by atoms with Gasteiger partial charge in [0.2, 0.25) is 0 Å². The predicted molar refractivity (Wildman–Crippen MR) is 45.6 cm³/mol. The van der Waals surface area contributed by atoms with Gasteiger partial charge in [0.05, 0.1) is 0 Å². The van der Waals surface area contributed by atoms with Crippen LogP contribution in [0, 0.1) is 5.92 Å². The molecule has 12 heavy (non-hydrogen) atoms. The predicted octanol–water partition coefficient (Wildman–Crippen LogP) is 0.518. The molecule has 1 heterocycles. The van der Waals surface area contributed by atoms with Gasteiger partial charge in [-0.15, -0.1) is 0 Å². The maximum Gasteiger partial charge on any atom is 0.327 e. The van der Waals surface area contributed by atoms with Gasteiger partial charge in [-0.25, -0.2) is 9.79 Å². The van der Waals surface area contributed by atoms with E-state index in [1.165, 1.54) is 0 Å². The summed E-state index contributed by atoms with van der Waals surface area (Å²) in [6, 6.07) is 0. The topological polar surface area (TPSA) is 75.7 Å². The van der Waals surface area contributed by atoms with Crippen LogP contribution in [-0.4, -0.2) is 17.3 Å². The third-order valence-corrected chi connectivity index (χ3v) is 1.50. The summed E-state index contributed by atoms with van der Waals surface area (Å²) in [7, 11) is 0. The number of hydrogen-bond donors (Lipinski definition) is 2. The van der Waals surface area contributed by atoms with Gasteiger partial charge in [-0.3, -0.25) is 0 Å². The average Bonchev–Trinajstić information content (AvgIpc) is 2.03. The highest BCUT2D eigenvalue weighted by atomic mass is 16.4. The molecule has 1 rings (SSSR count). The first-order valence-corrected chi connectivity index (χ1v) is 3.59. The van der Waals surface area contributed by atoms with Crippen LogP contribution in [0.15, 0.2) is 29.0 Å². The third kappa shape index (κ3) is 2.57. The molecule has 0 aromatic heterocycles. The second-order valence-electron chi connectivity index (χ2n) is 2.50. The second-order valence-corrected chi connectivity index (χ2v) is 2.50. The normalized spacial score (nSPS) is 22.7. The molecule has 3 N–H and O–H groups in total. The van der Waals surface area contributed by atoms with E-state index in [-0.39, 0.29) is 5.92 Å². The minimum atomic E-state index is -0.939. The molecule has 0 fully saturated rings. The minimum absolute atomic E-state index is 0.0633. The molecule has 1 aliphatic rings. The number of carboxylic acids is 1. The van der Waals surface area contributed by atoms with E-state index in [1.54, 1.807) is 18.4 Å². The van der Waals surface area contributed by atoms with E-state index in [2.05, 4.69) is 4.99 Å². The molecule has 0 aromatic carbocycles. The van der Waals surface area contributed by atoms with Crippen LogP contribution in [0.1, 0.15) is 6.42 Å². The highest BCUT2D eigenvalue weighted by molar-refractivity contribution is 5.81. The highest BCUT2D eigenvalue weighted by Crippen LogP contribution is 2.10. The largest absolute Gasteiger partial charge is 0.478 e. The first kappa shape index (κ1) is 8.52. The molecule has 4 heteroatoms. The van der Waals surface area contributed by atoms with Gasteiger partial charge in [0.1, 0.15) is 5.82 Å². The lowest BCUT2D eigenvalue weighted by Gasteiger charge is -2.07. The smallest absolute Gasteiger partial charge is 0.327 e. The fourth-order valence-corrected chi connectivity index (χ4v) is 0.886. The zero-order chi connectivity index (χ0) is 8.97. The fourth-order valence-electron chi connectivity index (χ4n) is 0.886. The number of allylic oxidation sites excluding steroid dienone is 2. The Hall–Kier alpha value is -1.58. The number of nitrogens with two attached hydrogens (primary N) is 1. The minimum Gasteiger partial charge on any atom is -0.478 e. The van der Waals surface area contributed by atoms with E-state index < -0.39 is 5.97 Å². The lowest BCUT2D eigenvalue weighted by atomic mass is 10.0. The highest BCUT2D eigenvalue weighted by Gasteiger charge is 2.04. The fraction of sp³-hybridized carbons (Fsp3) is 0.250.